The van der Waals surface area contributed by atoms with Gasteiger partial charge in [-0.25, -0.2) is 4.98 Å². The van der Waals surface area contributed by atoms with Crippen molar-refractivity contribution in [2.24, 2.45) is 0 Å². The molecule has 2 aromatic rings. The van der Waals surface area contributed by atoms with E-state index in [2.05, 4.69) is 9.97 Å². The van der Waals surface area contributed by atoms with Crippen molar-refractivity contribution in [1.29, 1.82) is 0 Å². The van der Waals surface area contributed by atoms with Crippen molar-refractivity contribution >= 4 is 5.82 Å². The number of anilines is 1. The van der Waals surface area contributed by atoms with Crippen LogP contribution in [0.15, 0.2) is 30.3 Å². The van der Waals surface area contributed by atoms with Crippen LogP contribution in [0.25, 0.3) is 0 Å². The summed E-state index contributed by atoms with van der Waals surface area (Å²) in [6, 6.07) is 10.1. The van der Waals surface area contributed by atoms with Crippen molar-refractivity contribution in [3.8, 4) is 5.88 Å². The fourth-order valence-electron chi connectivity index (χ4n) is 2.13. The van der Waals surface area contributed by atoms with Gasteiger partial charge in [-0.3, -0.25) is 0 Å². The van der Waals surface area contributed by atoms with Gasteiger partial charge in [0, 0.05) is 5.92 Å². The van der Waals surface area contributed by atoms with Crippen molar-refractivity contribution < 1.29 is 4.74 Å². The molecule has 1 aliphatic carbocycles. The average Bonchev–Trinajstić information content (AvgIpc) is 3.29. The molecule has 1 heterocycles. The summed E-state index contributed by atoms with van der Waals surface area (Å²) in [5, 5.41) is 0. The highest BCUT2D eigenvalue weighted by molar-refractivity contribution is 5.45. The molecule has 1 aromatic heterocycles. The number of hydrogen-bond donors (Lipinski definition) is 1. The molecule has 0 aliphatic heterocycles. The van der Waals surface area contributed by atoms with E-state index in [1.54, 1.807) is 0 Å². The van der Waals surface area contributed by atoms with Crippen LogP contribution in [-0.2, 0) is 0 Å². The lowest BCUT2D eigenvalue weighted by molar-refractivity contribution is 0.215. The lowest BCUT2D eigenvalue weighted by Gasteiger charge is -2.17. The maximum Gasteiger partial charge on any atom is 0.222 e. The van der Waals surface area contributed by atoms with Gasteiger partial charge in [0.2, 0.25) is 5.88 Å². The Hall–Kier alpha value is -2.10. The first-order valence-electron chi connectivity index (χ1n) is 7.00. The number of ether oxygens (including phenoxy) is 1. The van der Waals surface area contributed by atoms with Crippen LogP contribution in [0, 0.1) is 6.92 Å². The van der Waals surface area contributed by atoms with Gasteiger partial charge >= 0.3 is 0 Å². The standard InChI is InChI=1S/C16H19N3O/c1-10-14(17)18-15(13-8-9-13)19-16(10)20-11(2)12-6-4-3-5-7-12/h3-7,11,13H,8-9H2,1-2H3,(H2,17,18,19). The summed E-state index contributed by atoms with van der Waals surface area (Å²) in [5.74, 6) is 2.42. The van der Waals surface area contributed by atoms with Crippen molar-refractivity contribution in [2.45, 2.75) is 38.7 Å². The van der Waals surface area contributed by atoms with E-state index in [4.69, 9.17) is 10.5 Å². The molecule has 1 aromatic carbocycles. The second kappa shape index (κ2) is 5.12. The lowest BCUT2D eigenvalue weighted by Crippen LogP contribution is -2.09. The van der Waals surface area contributed by atoms with Gasteiger partial charge in [-0.1, -0.05) is 30.3 Å². The molecule has 0 bridgehead atoms. The van der Waals surface area contributed by atoms with Crippen LogP contribution in [0.1, 0.15) is 48.7 Å². The van der Waals surface area contributed by atoms with E-state index in [0.29, 0.717) is 17.6 Å². The fraction of sp³-hybridized carbons (Fsp3) is 0.375. The number of nitrogen functional groups attached to an aromatic ring is 1. The molecule has 1 unspecified atom stereocenters. The molecular weight excluding hydrogens is 250 g/mol. The zero-order valence-corrected chi connectivity index (χ0v) is 11.8. The Labute approximate surface area is 119 Å². The minimum Gasteiger partial charge on any atom is -0.469 e. The van der Waals surface area contributed by atoms with Gasteiger partial charge in [0.25, 0.3) is 0 Å². The van der Waals surface area contributed by atoms with Crippen LogP contribution < -0.4 is 10.5 Å². The van der Waals surface area contributed by atoms with Crippen molar-refractivity contribution in [2.75, 3.05) is 5.73 Å². The zero-order valence-electron chi connectivity index (χ0n) is 11.8. The molecule has 1 saturated carbocycles. The van der Waals surface area contributed by atoms with Gasteiger partial charge in [-0.15, -0.1) is 0 Å². The predicted molar refractivity (Wildman–Crippen MR) is 78.6 cm³/mol. The third-order valence-electron chi connectivity index (χ3n) is 3.66. The van der Waals surface area contributed by atoms with Crippen LogP contribution in [0.4, 0.5) is 5.82 Å². The van der Waals surface area contributed by atoms with Crippen molar-refractivity contribution in [3.63, 3.8) is 0 Å². The maximum atomic E-state index is 6.00. The number of benzene rings is 1. The van der Waals surface area contributed by atoms with Gasteiger partial charge in [-0.05, 0) is 32.3 Å². The molecule has 1 fully saturated rings. The number of nitrogens with two attached hydrogens (primary N) is 1. The zero-order chi connectivity index (χ0) is 14.1. The van der Waals surface area contributed by atoms with Crippen LogP contribution in [0.5, 0.6) is 5.88 Å². The normalized spacial score (nSPS) is 15.9. The van der Waals surface area contributed by atoms with Gasteiger partial charge < -0.3 is 10.5 Å². The second-order valence-electron chi connectivity index (χ2n) is 5.34. The topological polar surface area (TPSA) is 61.0 Å². The van der Waals surface area contributed by atoms with Gasteiger partial charge in [0.15, 0.2) is 0 Å². The average molecular weight is 269 g/mol. The van der Waals surface area contributed by atoms with Crippen LogP contribution >= 0.6 is 0 Å². The third kappa shape index (κ3) is 2.59. The molecule has 4 heteroatoms. The fourth-order valence-corrected chi connectivity index (χ4v) is 2.13. The molecule has 1 atom stereocenters. The Bertz CT molecular complexity index is 609. The Morgan fingerprint density at radius 3 is 2.55 bits per heavy atom. The van der Waals surface area contributed by atoms with Gasteiger partial charge in [0.05, 0.1) is 5.56 Å². The Balaban J connectivity index is 1.86. The number of nitrogens with zero attached hydrogens (tertiary/aromatic N) is 2. The minimum absolute atomic E-state index is 0.0590. The molecule has 0 spiro atoms. The van der Waals surface area contributed by atoms with Crippen LogP contribution in [0.2, 0.25) is 0 Å². The molecule has 0 amide bonds. The van der Waals surface area contributed by atoms with E-state index in [1.807, 2.05) is 44.2 Å². The number of aromatic nitrogens is 2. The highest BCUT2D eigenvalue weighted by Crippen LogP contribution is 2.40. The Kier molecular flexibility index (Phi) is 3.30. The molecule has 2 N–H and O–H groups in total. The van der Waals surface area contributed by atoms with E-state index < -0.39 is 0 Å². The summed E-state index contributed by atoms with van der Waals surface area (Å²) >= 11 is 0. The Morgan fingerprint density at radius 2 is 1.90 bits per heavy atom. The number of rotatable bonds is 4. The monoisotopic (exact) mass is 269 g/mol. The van der Waals surface area contributed by atoms with E-state index in [0.717, 1.165) is 29.8 Å². The van der Waals surface area contributed by atoms with Crippen molar-refractivity contribution in [3.05, 3.63) is 47.3 Å². The van der Waals surface area contributed by atoms with E-state index in [1.165, 1.54) is 0 Å². The summed E-state index contributed by atoms with van der Waals surface area (Å²) < 4.78 is 6.00. The highest BCUT2D eigenvalue weighted by atomic mass is 16.5. The smallest absolute Gasteiger partial charge is 0.222 e. The summed E-state index contributed by atoms with van der Waals surface area (Å²) in [6.45, 7) is 3.92. The SMILES string of the molecule is Cc1c(N)nc(C2CC2)nc1OC(C)c1ccccc1. The quantitative estimate of drug-likeness (QED) is 0.924. The summed E-state index contributed by atoms with van der Waals surface area (Å²) in [6.07, 6.45) is 2.24. The van der Waals surface area contributed by atoms with Gasteiger partial charge in [-0.2, -0.15) is 4.98 Å². The highest BCUT2D eigenvalue weighted by Gasteiger charge is 2.28. The Morgan fingerprint density at radius 1 is 1.20 bits per heavy atom. The maximum absolute atomic E-state index is 6.00. The predicted octanol–water partition coefficient (Wildman–Crippen LogP) is 3.38. The first-order chi connectivity index (χ1) is 9.65. The molecule has 0 saturated heterocycles. The molecule has 0 radical (unpaired) electrons. The minimum atomic E-state index is -0.0590. The second-order valence-corrected chi connectivity index (χ2v) is 5.34. The van der Waals surface area contributed by atoms with Gasteiger partial charge in [0.1, 0.15) is 17.7 Å². The van der Waals surface area contributed by atoms with E-state index >= 15 is 0 Å². The summed E-state index contributed by atoms with van der Waals surface area (Å²) in [5.41, 5.74) is 7.91. The van der Waals surface area contributed by atoms with Crippen LogP contribution in [0.3, 0.4) is 0 Å². The van der Waals surface area contributed by atoms with Crippen LogP contribution in [-0.4, -0.2) is 9.97 Å². The third-order valence-corrected chi connectivity index (χ3v) is 3.66. The largest absolute Gasteiger partial charge is 0.469 e. The summed E-state index contributed by atoms with van der Waals surface area (Å²) in [4.78, 5) is 8.91. The molecule has 104 valence electrons. The molecule has 1 aliphatic rings. The molecule has 4 nitrogen and oxygen atoms in total. The first kappa shape index (κ1) is 12.9. The molecule has 3 rings (SSSR count). The van der Waals surface area contributed by atoms with E-state index in [9.17, 15) is 0 Å². The first-order valence-corrected chi connectivity index (χ1v) is 7.00. The van der Waals surface area contributed by atoms with E-state index in [-0.39, 0.29) is 6.10 Å². The molecular formula is C16H19N3O. The number of hydrogen-bond acceptors (Lipinski definition) is 4. The van der Waals surface area contributed by atoms with Crippen molar-refractivity contribution in [1.82, 2.24) is 9.97 Å². The molecule has 20 heavy (non-hydrogen) atoms. The summed E-state index contributed by atoms with van der Waals surface area (Å²) in [7, 11) is 0. The lowest BCUT2D eigenvalue weighted by atomic mass is 10.1.